The van der Waals surface area contributed by atoms with E-state index in [4.69, 9.17) is 0 Å². The van der Waals surface area contributed by atoms with E-state index >= 15 is 0 Å². The predicted molar refractivity (Wildman–Crippen MR) is 114 cm³/mol. The molecule has 0 amide bonds. The minimum absolute atomic E-state index is 0. The maximum Gasteiger partial charge on any atom is 0.191 e. The second-order valence-corrected chi connectivity index (χ2v) is 6.54. The molecule has 136 valence electrons. The van der Waals surface area contributed by atoms with E-state index in [1.807, 2.05) is 7.05 Å². The summed E-state index contributed by atoms with van der Waals surface area (Å²) in [5.74, 6) is 0.891. The molecule has 1 aromatic rings. The van der Waals surface area contributed by atoms with E-state index in [-0.39, 0.29) is 24.0 Å². The van der Waals surface area contributed by atoms with Gasteiger partial charge in [0.2, 0.25) is 0 Å². The molecular formula is C19H33IN4. The molecule has 0 aliphatic carbocycles. The smallest absolute Gasteiger partial charge is 0.191 e. The summed E-state index contributed by atoms with van der Waals surface area (Å²) >= 11 is 0. The Kier molecular flexibility index (Phi) is 9.66. The lowest BCUT2D eigenvalue weighted by Gasteiger charge is -2.27. The van der Waals surface area contributed by atoms with Crippen LogP contribution in [-0.2, 0) is 6.54 Å². The lowest BCUT2D eigenvalue weighted by molar-refractivity contribution is 0.236. The summed E-state index contributed by atoms with van der Waals surface area (Å²) in [6, 6.07) is 7.20. The maximum atomic E-state index is 4.36. The number of benzene rings is 1. The van der Waals surface area contributed by atoms with Gasteiger partial charge in [0, 0.05) is 26.2 Å². The van der Waals surface area contributed by atoms with Crippen molar-refractivity contribution in [1.29, 1.82) is 0 Å². The second-order valence-electron chi connectivity index (χ2n) is 6.54. The van der Waals surface area contributed by atoms with E-state index < -0.39 is 0 Å². The molecule has 2 N–H and O–H groups in total. The van der Waals surface area contributed by atoms with Crippen LogP contribution in [0.4, 0.5) is 0 Å². The van der Waals surface area contributed by atoms with Crippen LogP contribution >= 0.6 is 24.0 Å². The third-order valence-electron chi connectivity index (χ3n) is 4.80. The van der Waals surface area contributed by atoms with Gasteiger partial charge in [-0.1, -0.05) is 30.7 Å². The molecule has 2 rings (SSSR count). The van der Waals surface area contributed by atoms with Crippen LogP contribution in [-0.4, -0.2) is 43.6 Å². The van der Waals surface area contributed by atoms with Crippen molar-refractivity contribution in [3.05, 3.63) is 34.9 Å². The van der Waals surface area contributed by atoms with E-state index in [1.54, 1.807) is 0 Å². The van der Waals surface area contributed by atoms with Crippen LogP contribution in [0.25, 0.3) is 0 Å². The zero-order chi connectivity index (χ0) is 16.7. The molecule has 1 aliphatic heterocycles. The van der Waals surface area contributed by atoms with E-state index in [0.29, 0.717) is 6.04 Å². The van der Waals surface area contributed by atoms with Crippen LogP contribution in [0.15, 0.2) is 23.2 Å². The number of rotatable bonds is 6. The van der Waals surface area contributed by atoms with Crippen LogP contribution < -0.4 is 10.6 Å². The Morgan fingerprint density at radius 1 is 1.21 bits per heavy atom. The number of nitrogens with zero attached hydrogens (tertiary/aromatic N) is 2. The predicted octanol–water partition coefficient (Wildman–Crippen LogP) is 3.46. The normalized spacial score (nSPS) is 16.6. The number of nitrogens with one attached hydrogen (secondary N) is 2. The van der Waals surface area contributed by atoms with Crippen molar-refractivity contribution in [1.82, 2.24) is 15.5 Å². The topological polar surface area (TPSA) is 39.7 Å². The number of aryl methyl sites for hydroxylation is 2. The number of halogens is 1. The summed E-state index contributed by atoms with van der Waals surface area (Å²) in [5, 5.41) is 6.93. The molecule has 0 spiro atoms. The van der Waals surface area contributed by atoms with Crippen molar-refractivity contribution in [3.63, 3.8) is 0 Å². The van der Waals surface area contributed by atoms with Crippen molar-refractivity contribution in [2.75, 3.05) is 26.7 Å². The molecule has 1 atom stereocenters. The molecule has 1 aromatic carbocycles. The molecular weight excluding hydrogens is 411 g/mol. The van der Waals surface area contributed by atoms with Crippen molar-refractivity contribution < 1.29 is 0 Å². The largest absolute Gasteiger partial charge is 0.355 e. The highest BCUT2D eigenvalue weighted by Gasteiger charge is 2.20. The SMILES string of the molecule is CCC(CNC(=NC)NCc1ccc(C)cc1C)N1CCCC1.I. The van der Waals surface area contributed by atoms with Gasteiger partial charge in [-0.25, -0.2) is 0 Å². The van der Waals surface area contributed by atoms with Gasteiger partial charge in [0.1, 0.15) is 0 Å². The first-order valence-electron chi connectivity index (χ1n) is 8.88. The molecule has 1 heterocycles. The number of guanidine groups is 1. The Bertz CT molecular complexity index is 524. The van der Waals surface area contributed by atoms with Gasteiger partial charge in [0.05, 0.1) is 0 Å². The first-order chi connectivity index (χ1) is 11.1. The molecule has 0 radical (unpaired) electrons. The first kappa shape index (κ1) is 21.2. The van der Waals surface area contributed by atoms with Crippen LogP contribution in [0.2, 0.25) is 0 Å². The van der Waals surface area contributed by atoms with E-state index in [0.717, 1.165) is 19.0 Å². The molecule has 0 saturated carbocycles. The molecule has 4 nitrogen and oxygen atoms in total. The standard InChI is InChI=1S/C19H32N4.HI/c1-5-18(23-10-6-7-11-23)14-22-19(20-4)21-13-17-9-8-15(2)12-16(17)3;/h8-9,12,18H,5-7,10-11,13-14H2,1-4H3,(H2,20,21,22);1H. The van der Waals surface area contributed by atoms with Crippen molar-refractivity contribution in [3.8, 4) is 0 Å². The minimum Gasteiger partial charge on any atom is -0.355 e. The number of aliphatic imine (C=N–C) groups is 1. The van der Waals surface area contributed by atoms with Crippen LogP contribution in [0.5, 0.6) is 0 Å². The van der Waals surface area contributed by atoms with E-state index in [9.17, 15) is 0 Å². The van der Waals surface area contributed by atoms with E-state index in [2.05, 4.69) is 59.5 Å². The van der Waals surface area contributed by atoms with Gasteiger partial charge in [-0.3, -0.25) is 9.89 Å². The molecule has 1 aliphatic rings. The fourth-order valence-electron chi connectivity index (χ4n) is 3.30. The van der Waals surface area contributed by atoms with Crippen LogP contribution in [0, 0.1) is 13.8 Å². The Balaban J connectivity index is 0.00000288. The Morgan fingerprint density at radius 2 is 1.92 bits per heavy atom. The highest BCUT2D eigenvalue weighted by atomic mass is 127. The fraction of sp³-hybridized carbons (Fsp3) is 0.632. The maximum absolute atomic E-state index is 4.36. The molecule has 5 heteroatoms. The van der Waals surface area contributed by atoms with Crippen LogP contribution in [0.1, 0.15) is 42.9 Å². The van der Waals surface area contributed by atoms with Gasteiger partial charge >= 0.3 is 0 Å². The monoisotopic (exact) mass is 444 g/mol. The van der Waals surface area contributed by atoms with Crippen molar-refractivity contribution >= 4 is 29.9 Å². The summed E-state index contributed by atoms with van der Waals surface area (Å²) in [6.07, 6.45) is 3.87. The van der Waals surface area contributed by atoms with Crippen molar-refractivity contribution in [2.24, 2.45) is 4.99 Å². The molecule has 24 heavy (non-hydrogen) atoms. The number of likely N-dealkylation sites (tertiary alicyclic amines) is 1. The number of hydrogen-bond donors (Lipinski definition) is 2. The lowest BCUT2D eigenvalue weighted by Crippen LogP contribution is -2.46. The average Bonchev–Trinajstić information content (AvgIpc) is 3.06. The summed E-state index contributed by atoms with van der Waals surface area (Å²) in [5.41, 5.74) is 3.96. The lowest BCUT2D eigenvalue weighted by atomic mass is 10.1. The number of hydrogen-bond acceptors (Lipinski definition) is 2. The third-order valence-corrected chi connectivity index (χ3v) is 4.80. The third kappa shape index (κ3) is 6.24. The highest BCUT2D eigenvalue weighted by Crippen LogP contribution is 2.13. The summed E-state index contributed by atoms with van der Waals surface area (Å²) in [4.78, 5) is 6.96. The zero-order valence-corrected chi connectivity index (χ0v) is 17.9. The Morgan fingerprint density at radius 3 is 2.50 bits per heavy atom. The second kappa shape index (κ2) is 10.9. The molecule has 1 unspecified atom stereocenters. The van der Waals surface area contributed by atoms with Gasteiger partial charge in [-0.2, -0.15) is 0 Å². The summed E-state index contributed by atoms with van der Waals surface area (Å²) < 4.78 is 0. The van der Waals surface area contributed by atoms with Crippen LogP contribution in [0.3, 0.4) is 0 Å². The molecule has 1 saturated heterocycles. The van der Waals surface area contributed by atoms with Gasteiger partial charge < -0.3 is 10.6 Å². The Labute approximate surface area is 164 Å². The molecule has 1 fully saturated rings. The van der Waals surface area contributed by atoms with Crippen molar-refractivity contribution in [2.45, 2.75) is 52.6 Å². The average molecular weight is 444 g/mol. The summed E-state index contributed by atoms with van der Waals surface area (Å²) in [7, 11) is 1.84. The van der Waals surface area contributed by atoms with Gasteiger partial charge in [-0.15, -0.1) is 24.0 Å². The fourth-order valence-corrected chi connectivity index (χ4v) is 3.30. The molecule has 0 bridgehead atoms. The van der Waals surface area contributed by atoms with Gasteiger partial charge in [0.15, 0.2) is 5.96 Å². The van der Waals surface area contributed by atoms with E-state index in [1.165, 1.54) is 49.0 Å². The highest BCUT2D eigenvalue weighted by molar-refractivity contribution is 14.0. The Hall–Kier alpha value is -0.820. The summed E-state index contributed by atoms with van der Waals surface area (Å²) in [6.45, 7) is 10.8. The quantitative estimate of drug-likeness (QED) is 0.401. The van der Waals surface area contributed by atoms with Gasteiger partial charge in [0.25, 0.3) is 0 Å². The van der Waals surface area contributed by atoms with Gasteiger partial charge in [-0.05, 0) is 57.3 Å². The zero-order valence-electron chi connectivity index (χ0n) is 15.6. The molecule has 0 aromatic heterocycles. The minimum atomic E-state index is 0. The first-order valence-corrected chi connectivity index (χ1v) is 8.88.